The summed E-state index contributed by atoms with van der Waals surface area (Å²) < 4.78 is 5.78. The molecule has 3 heterocycles. The van der Waals surface area contributed by atoms with E-state index in [1.54, 1.807) is 24.3 Å². The minimum atomic E-state index is -0.424. The summed E-state index contributed by atoms with van der Waals surface area (Å²) in [7, 11) is 0. The zero-order valence-corrected chi connectivity index (χ0v) is 17.5. The Labute approximate surface area is 184 Å². The third kappa shape index (κ3) is 5.48. The van der Waals surface area contributed by atoms with Crippen LogP contribution >= 0.6 is 0 Å². The van der Waals surface area contributed by atoms with Crippen molar-refractivity contribution in [1.29, 1.82) is 0 Å². The fourth-order valence-corrected chi connectivity index (χ4v) is 3.37. The Balaban J connectivity index is 1.37. The number of piperazine rings is 1. The summed E-state index contributed by atoms with van der Waals surface area (Å²) in [4.78, 5) is 37.9. The Bertz CT molecular complexity index is 1120. The predicted octanol–water partition coefficient (Wildman–Crippen LogP) is 0.950. The number of pyridine rings is 1. The predicted molar refractivity (Wildman–Crippen MR) is 122 cm³/mol. The number of hydrogen-bond acceptors (Lipinski definition) is 8. The van der Waals surface area contributed by atoms with Gasteiger partial charge in [-0.25, -0.2) is 4.98 Å². The van der Waals surface area contributed by atoms with Crippen LogP contribution in [0, 0.1) is 0 Å². The average Bonchev–Trinajstić information content (AvgIpc) is 2.81. The zero-order valence-electron chi connectivity index (χ0n) is 17.5. The molecule has 1 aromatic carbocycles. The van der Waals surface area contributed by atoms with Crippen LogP contribution in [0.2, 0.25) is 0 Å². The number of nitrogen functional groups attached to an aromatic ring is 1. The molecule has 2 aromatic heterocycles. The van der Waals surface area contributed by atoms with Crippen LogP contribution in [-0.2, 0) is 0 Å². The Morgan fingerprint density at radius 2 is 1.97 bits per heavy atom. The molecular formula is C22H25N7O3. The van der Waals surface area contributed by atoms with Crippen LogP contribution in [0.1, 0.15) is 10.4 Å². The first-order chi connectivity index (χ1) is 15.6. The van der Waals surface area contributed by atoms with E-state index in [1.165, 1.54) is 24.7 Å². The van der Waals surface area contributed by atoms with Crippen LogP contribution in [0.4, 0.5) is 11.5 Å². The second-order valence-electron chi connectivity index (χ2n) is 7.38. The number of hydrogen-bond donors (Lipinski definition) is 4. The maximum atomic E-state index is 12.6. The Kier molecular flexibility index (Phi) is 6.73. The van der Waals surface area contributed by atoms with Gasteiger partial charge < -0.3 is 26.1 Å². The largest absolute Gasteiger partial charge is 0.492 e. The lowest BCUT2D eigenvalue weighted by molar-refractivity contribution is 0.102. The molecule has 0 unspecified atom stereocenters. The highest BCUT2D eigenvalue weighted by Crippen LogP contribution is 2.18. The number of H-pyrrole nitrogens is 1. The summed E-state index contributed by atoms with van der Waals surface area (Å²) in [6, 6.07) is 8.35. The van der Waals surface area contributed by atoms with E-state index >= 15 is 0 Å². The molecule has 0 spiro atoms. The van der Waals surface area contributed by atoms with Gasteiger partial charge in [-0.1, -0.05) is 0 Å². The summed E-state index contributed by atoms with van der Waals surface area (Å²) in [6.07, 6.45) is 4.45. The van der Waals surface area contributed by atoms with Crippen molar-refractivity contribution >= 4 is 17.4 Å². The second-order valence-corrected chi connectivity index (χ2v) is 7.38. The molecule has 0 radical (unpaired) electrons. The summed E-state index contributed by atoms with van der Waals surface area (Å²) in [5.74, 6) is 0.546. The Hall–Kier alpha value is -3.76. The molecule has 1 fully saturated rings. The van der Waals surface area contributed by atoms with Gasteiger partial charge in [0.05, 0.1) is 18.1 Å². The van der Waals surface area contributed by atoms with Crippen molar-refractivity contribution in [2.45, 2.75) is 0 Å². The van der Waals surface area contributed by atoms with Crippen LogP contribution in [-0.4, -0.2) is 65.1 Å². The molecular weight excluding hydrogens is 410 g/mol. The van der Waals surface area contributed by atoms with Crippen LogP contribution < -0.4 is 26.7 Å². The molecule has 3 aromatic rings. The highest BCUT2D eigenvalue weighted by atomic mass is 16.5. The van der Waals surface area contributed by atoms with Crippen molar-refractivity contribution in [1.82, 2.24) is 25.2 Å². The maximum absolute atomic E-state index is 12.6. The average molecular weight is 435 g/mol. The highest BCUT2D eigenvalue weighted by Gasteiger charge is 2.12. The molecule has 10 nitrogen and oxygen atoms in total. The minimum Gasteiger partial charge on any atom is -0.492 e. The number of carbonyl (C=O) groups excluding carboxylic acids is 1. The number of carbonyl (C=O) groups is 1. The van der Waals surface area contributed by atoms with Crippen LogP contribution in [0.3, 0.4) is 0 Å². The number of aromatic nitrogens is 3. The second kappa shape index (κ2) is 10.0. The smallest absolute Gasteiger partial charge is 0.271 e. The van der Waals surface area contributed by atoms with Gasteiger partial charge >= 0.3 is 0 Å². The fraction of sp³-hybridized carbons (Fsp3) is 0.273. The summed E-state index contributed by atoms with van der Waals surface area (Å²) in [5.41, 5.74) is 6.82. The zero-order chi connectivity index (χ0) is 22.3. The van der Waals surface area contributed by atoms with Crippen molar-refractivity contribution in [3.05, 3.63) is 64.8 Å². The quantitative estimate of drug-likeness (QED) is 0.430. The number of nitrogens with two attached hydrogens (primary N) is 1. The minimum absolute atomic E-state index is 0.105. The Morgan fingerprint density at radius 1 is 1.19 bits per heavy atom. The van der Waals surface area contributed by atoms with Gasteiger partial charge in [-0.2, -0.15) is 0 Å². The van der Waals surface area contributed by atoms with E-state index in [9.17, 15) is 9.59 Å². The molecule has 0 aliphatic carbocycles. The first-order valence-corrected chi connectivity index (χ1v) is 10.4. The molecule has 0 bridgehead atoms. The molecule has 1 aliphatic heterocycles. The molecule has 1 aliphatic rings. The normalized spacial score (nSPS) is 14.1. The van der Waals surface area contributed by atoms with Gasteiger partial charge in [0.25, 0.3) is 11.5 Å². The lowest BCUT2D eigenvalue weighted by Gasteiger charge is -2.26. The van der Waals surface area contributed by atoms with Gasteiger partial charge in [-0.05, 0) is 30.3 Å². The van der Waals surface area contributed by atoms with Crippen LogP contribution in [0.5, 0.6) is 5.75 Å². The van der Waals surface area contributed by atoms with E-state index in [4.69, 9.17) is 10.5 Å². The number of benzene rings is 1. The van der Waals surface area contributed by atoms with Crippen molar-refractivity contribution in [2.24, 2.45) is 0 Å². The van der Waals surface area contributed by atoms with Gasteiger partial charge in [0.2, 0.25) is 0 Å². The van der Waals surface area contributed by atoms with E-state index in [-0.39, 0.29) is 11.5 Å². The van der Waals surface area contributed by atoms with Gasteiger partial charge in [-0.15, -0.1) is 0 Å². The number of nitrogens with zero attached hydrogens (tertiary/aromatic N) is 3. The molecule has 0 saturated carbocycles. The third-order valence-corrected chi connectivity index (χ3v) is 5.10. The number of nitrogens with one attached hydrogen (secondary N) is 3. The number of amides is 1. The van der Waals surface area contributed by atoms with Crippen LogP contribution in [0.25, 0.3) is 11.3 Å². The first kappa shape index (κ1) is 21.5. The van der Waals surface area contributed by atoms with E-state index in [1.807, 2.05) is 0 Å². The van der Waals surface area contributed by atoms with Gasteiger partial charge in [0, 0.05) is 50.0 Å². The number of aromatic amines is 1. The van der Waals surface area contributed by atoms with Gasteiger partial charge in [0.15, 0.2) is 0 Å². The van der Waals surface area contributed by atoms with Crippen molar-refractivity contribution in [2.75, 3.05) is 50.4 Å². The maximum Gasteiger partial charge on any atom is 0.271 e. The fourth-order valence-electron chi connectivity index (χ4n) is 3.37. The number of anilines is 2. The molecule has 4 rings (SSSR count). The van der Waals surface area contributed by atoms with Crippen molar-refractivity contribution < 1.29 is 9.53 Å². The van der Waals surface area contributed by atoms with Crippen molar-refractivity contribution in [3.8, 4) is 17.0 Å². The molecule has 0 atom stereocenters. The molecule has 10 heteroatoms. The molecule has 166 valence electrons. The first-order valence-electron chi connectivity index (χ1n) is 10.4. The van der Waals surface area contributed by atoms with E-state index in [0.29, 0.717) is 29.2 Å². The van der Waals surface area contributed by atoms with E-state index in [0.717, 1.165) is 32.7 Å². The van der Waals surface area contributed by atoms with E-state index < -0.39 is 11.5 Å². The third-order valence-electron chi connectivity index (χ3n) is 5.10. The van der Waals surface area contributed by atoms with Gasteiger partial charge in [0.1, 0.15) is 23.9 Å². The molecule has 5 N–H and O–H groups in total. The lowest BCUT2D eigenvalue weighted by Crippen LogP contribution is -2.44. The van der Waals surface area contributed by atoms with Crippen LogP contribution in [0.15, 0.2) is 53.7 Å². The lowest BCUT2D eigenvalue weighted by atomic mass is 10.2. The monoisotopic (exact) mass is 435 g/mol. The highest BCUT2D eigenvalue weighted by molar-refractivity contribution is 6.04. The molecule has 32 heavy (non-hydrogen) atoms. The number of rotatable bonds is 7. The summed E-state index contributed by atoms with van der Waals surface area (Å²) in [6.45, 7) is 5.49. The Morgan fingerprint density at radius 3 is 2.72 bits per heavy atom. The molecule has 1 amide bonds. The standard InChI is InChI=1S/C22H25N7O3/c23-20-14-25-13-19(27-20)16-11-18(22(31)26-12-16)28-21(30)15-1-3-17(4-2-15)32-10-9-29-7-5-24-6-8-29/h1-4,11-14,24H,5-10H2,(H2,23,27)(H,26,31)(H,28,30). The van der Waals surface area contributed by atoms with E-state index in [2.05, 4.69) is 30.5 Å². The number of ether oxygens (including phenoxy) is 1. The van der Waals surface area contributed by atoms with Gasteiger partial charge in [-0.3, -0.25) is 19.5 Å². The topological polar surface area (TPSA) is 138 Å². The van der Waals surface area contributed by atoms with Crippen molar-refractivity contribution in [3.63, 3.8) is 0 Å². The SMILES string of the molecule is Nc1cncc(-c2c[nH]c(=O)c(NC(=O)c3ccc(OCCN4CCNCC4)cc3)c2)n1. The summed E-state index contributed by atoms with van der Waals surface area (Å²) in [5, 5.41) is 5.96. The molecule has 1 saturated heterocycles. The summed E-state index contributed by atoms with van der Waals surface area (Å²) >= 11 is 0.